The predicted octanol–water partition coefficient (Wildman–Crippen LogP) is 6.45. The Morgan fingerprint density at radius 3 is 2.54 bits per heavy atom. The number of halogens is 1. The van der Waals surface area contributed by atoms with Crippen molar-refractivity contribution in [1.29, 1.82) is 0 Å². The number of hydrogen-bond donors (Lipinski definition) is 0. The van der Waals surface area contributed by atoms with Gasteiger partial charge < -0.3 is 14.2 Å². The number of alkyl halides is 1. The van der Waals surface area contributed by atoms with Crippen molar-refractivity contribution in [3.05, 3.63) is 30.3 Å². The number of benzene rings is 2. The van der Waals surface area contributed by atoms with E-state index in [-0.39, 0.29) is 5.38 Å². The summed E-state index contributed by atoms with van der Waals surface area (Å²) in [5.74, 6) is 2.95. The van der Waals surface area contributed by atoms with Gasteiger partial charge in [0.25, 0.3) is 0 Å². The van der Waals surface area contributed by atoms with E-state index in [1.165, 1.54) is 0 Å². The minimum Gasteiger partial charge on any atom is -0.493 e. The van der Waals surface area contributed by atoms with Crippen LogP contribution in [-0.4, -0.2) is 25.7 Å². The Bertz CT molecular complexity index is 684. The fraction of sp³-hybridized carbons (Fsp3) is 0.545. The Kier molecular flexibility index (Phi) is 8.37. The van der Waals surface area contributed by atoms with E-state index in [9.17, 15) is 0 Å². The second-order valence-corrected chi connectivity index (χ2v) is 7.65. The van der Waals surface area contributed by atoms with E-state index in [2.05, 4.69) is 32.9 Å². The average Bonchev–Trinajstić information content (AvgIpc) is 2.65. The minimum atomic E-state index is 0.275. The van der Waals surface area contributed by atoms with Gasteiger partial charge >= 0.3 is 0 Å². The Morgan fingerprint density at radius 1 is 1.04 bits per heavy atom. The van der Waals surface area contributed by atoms with E-state index in [1.807, 2.05) is 18.2 Å². The Balaban J connectivity index is 2.03. The highest BCUT2D eigenvalue weighted by Crippen LogP contribution is 2.37. The molecule has 0 heterocycles. The monoisotopic (exact) mass is 378 g/mol. The number of fused-ring (bicyclic) bond motifs is 1. The molecule has 0 aliphatic heterocycles. The second kappa shape index (κ2) is 10.5. The van der Waals surface area contributed by atoms with Crippen LogP contribution in [0, 0.1) is 5.92 Å². The number of hydrogen-bond acceptors (Lipinski definition) is 3. The zero-order chi connectivity index (χ0) is 18.9. The van der Waals surface area contributed by atoms with Crippen LogP contribution in [0.1, 0.15) is 46.5 Å². The van der Waals surface area contributed by atoms with E-state index in [0.717, 1.165) is 53.7 Å². The van der Waals surface area contributed by atoms with E-state index < -0.39 is 0 Å². The zero-order valence-corrected chi connectivity index (χ0v) is 17.1. The molecule has 0 saturated carbocycles. The van der Waals surface area contributed by atoms with Crippen LogP contribution in [0.25, 0.3) is 10.8 Å². The molecule has 0 bridgehead atoms. The van der Waals surface area contributed by atoms with Gasteiger partial charge in [0, 0.05) is 10.8 Å². The van der Waals surface area contributed by atoms with Crippen molar-refractivity contribution >= 4 is 22.4 Å². The molecular formula is C22H31ClO3. The molecule has 0 N–H and O–H groups in total. The Labute approximate surface area is 162 Å². The quantitative estimate of drug-likeness (QED) is 0.332. The molecule has 144 valence electrons. The van der Waals surface area contributed by atoms with Gasteiger partial charge in [-0.1, -0.05) is 26.8 Å². The van der Waals surface area contributed by atoms with E-state index in [1.54, 1.807) is 7.11 Å². The van der Waals surface area contributed by atoms with Gasteiger partial charge in [-0.3, -0.25) is 0 Å². The average molecular weight is 379 g/mol. The van der Waals surface area contributed by atoms with Gasteiger partial charge in [-0.05, 0) is 61.3 Å². The molecule has 3 nitrogen and oxygen atoms in total. The molecule has 26 heavy (non-hydrogen) atoms. The molecule has 0 amide bonds. The summed E-state index contributed by atoms with van der Waals surface area (Å²) >= 11 is 6.16. The van der Waals surface area contributed by atoms with Crippen molar-refractivity contribution in [2.24, 2.45) is 5.92 Å². The molecule has 0 radical (unpaired) electrons. The summed E-state index contributed by atoms with van der Waals surface area (Å²) in [4.78, 5) is 0. The van der Waals surface area contributed by atoms with E-state index >= 15 is 0 Å². The van der Waals surface area contributed by atoms with Crippen LogP contribution in [0.2, 0.25) is 0 Å². The molecule has 0 aliphatic rings. The lowest BCUT2D eigenvalue weighted by Crippen LogP contribution is -2.04. The highest BCUT2D eigenvalue weighted by molar-refractivity contribution is 6.20. The maximum atomic E-state index is 6.16. The molecular weight excluding hydrogens is 348 g/mol. The van der Waals surface area contributed by atoms with Crippen LogP contribution in [0.15, 0.2) is 30.3 Å². The van der Waals surface area contributed by atoms with Crippen molar-refractivity contribution in [1.82, 2.24) is 0 Å². The fourth-order valence-electron chi connectivity index (χ4n) is 2.79. The normalized spacial score (nSPS) is 12.4. The second-order valence-electron chi connectivity index (χ2n) is 7.03. The smallest absolute Gasteiger partial charge is 0.168 e. The molecule has 2 rings (SSSR count). The molecule has 2 aromatic carbocycles. The molecule has 4 heteroatoms. The lowest BCUT2D eigenvalue weighted by atomic mass is 10.1. The minimum absolute atomic E-state index is 0.275. The largest absolute Gasteiger partial charge is 0.493 e. The lowest BCUT2D eigenvalue weighted by Gasteiger charge is -2.15. The molecule has 0 aromatic heterocycles. The van der Waals surface area contributed by atoms with Crippen LogP contribution in [0.5, 0.6) is 17.2 Å². The van der Waals surface area contributed by atoms with Gasteiger partial charge in [-0.25, -0.2) is 0 Å². The fourth-order valence-corrected chi connectivity index (χ4v) is 2.94. The Morgan fingerprint density at radius 2 is 1.85 bits per heavy atom. The third-order valence-electron chi connectivity index (χ3n) is 4.31. The first-order valence-electron chi connectivity index (χ1n) is 9.55. The van der Waals surface area contributed by atoms with Crippen molar-refractivity contribution in [2.45, 2.75) is 51.8 Å². The summed E-state index contributed by atoms with van der Waals surface area (Å²) in [6.45, 7) is 7.79. The van der Waals surface area contributed by atoms with Crippen molar-refractivity contribution in [3.63, 3.8) is 0 Å². The highest BCUT2D eigenvalue weighted by Gasteiger charge is 2.11. The summed E-state index contributed by atoms with van der Waals surface area (Å²) in [5.41, 5.74) is 0. The first-order valence-corrected chi connectivity index (χ1v) is 9.99. The third-order valence-corrected chi connectivity index (χ3v) is 4.83. The number of ether oxygens (including phenoxy) is 3. The van der Waals surface area contributed by atoms with Crippen molar-refractivity contribution < 1.29 is 14.2 Å². The molecule has 0 fully saturated rings. The van der Waals surface area contributed by atoms with Crippen LogP contribution >= 0.6 is 11.6 Å². The van der Waals surface area contributed by atoms with Crippen molar-refractivity contribution in [2.75, 3.05) is 20.3 Å². The number of rotatable bonds is 11. The maximum Gasteiger partial charge on any atom is 0.168 e. The third kappa shape index (κ3) is 5.98. The SMILES string of the molecule is CCC(Cl)CCCCOc1ccc2cc(OCC(C)C)ccc2c1OC. The molecule has 1 atom stereocenters. The molecule has 0 aliphatic carbocycles. The number of unbranched alkanes of at least 4 members (excludes halogenated alkanes) is 1. The van der Waals surface area contributed by atoms with Gasteiger partial charge in [0.15, 0.2) is 11.5 Å². The van der Waals surface area contributed by atoms with Gasteiger partial charge in [0.2, 0.25) is 0 Å². The van der Waals surface area contributed by atoms with Crippen molar-refractivity contribution in [3.8, 4) is 17.2 Å². The van der Waals surface area contributed by atoms with E-state index in [0.29, 0.717) is 19.1 Å². The van der Waals surface area contributed by atoms with Gasteiger partial charge in [0.05, 0.1) is 20.3 Å². The summed E-state index contributed by atoms with van der Waals surface area (Å²) in [7, 11) is 1.68. The summed E-state index contributed by atoms with van der Waals surface area (Å²) in [5, 5.41) is 2.40. The summed E-state index contributed by atoms with van der Waals surface area (Å²) in [6.07, 6.45) is 4.13. The van der Waals surface area contributed by atoms with Crippen LogP contribution in [0.4, 0.5) is 0 Å². The zero-order valence-electron chi connectivity index (χ0n) is 16.4. The Hall–Kier alpha value is -1.61. The van der Waals surface area contributed by atoms with Gasteiger partial charge in [0.1, 0.15) is 5.75 Å². The van der Waals surface area contributed by atoms with Crippen LogP contribution in [-0.2, 0) is 0 Å². The van der Waals surface area contributed by atoms with Crippen LogP contribution < -0.4 is 14.2 Å². The lowest BCUT2D eigenvalue weighted by molar-refractivity contribution is 0.271. The molecule has 0 spiro atoms. The van der Waals surface area contributed by atoms with E-state index in [4.69, 9.17) is 25.8 Å². The summed E-state index contributed by atoms with van der Waals surface area (Å²) in [6, 6.07) is 10.1. The molecule has 1 unspecified atom stereocenters. The highest BCUT2D eigenvalue weighted by atomic mass is 35.5. The molecule has 0 saturated heterocycles. The standard InChI is InChI=1S/C22H31ClO3/c1-5-18(23)8-6-7-13-25-21-12-9-17-14-19(26-15-16(2)3)10-11-20(17)22(21)24-4/h9-12,14,16,18H,5-8,13,15H2,1-4H3. The van der Waals surface area contributed by atoms with Gasteiger partial charge in [-0.2, -0.15) is 0 Å². The van der Waals surface area contributed by atoms with Gasteiger partial charge in [-0.15, -0.1) is 11.6 Å². The first-order chi connectivity index (χ1) is 12.5. The predicted molar refractivity (Wildman–Crippen MR) is 110 cm³/mol. The number of methoxy groups -OCH3 is 1. The first kappa shape index (κ1) is 20.7. The maximum absolute atomic E-state index is 6.16. The topological polar surface area (TPSA) is 27.7 Å². The summed E-state index contributed by atoms with van der Waals surface area (Å²) < 4.78 is 17.4. The van der Waals surface area contributed by atoms with Crippen LogP contribution in [0.3, 0.4) is 0 Å². The molecule has 2 aromatic rings.